The van der Waals surface area contributed by atoms with Gasteiger partial charge in [-0.2, -0.15) is 5.26 Å². The van der Waals surface area contributed by atoms with E-state index in [0.717, 1.165) is 4.90 Å². The van der Waals surface area contributed by atoms with E-state index in [4.69, 9.17) is 9.78 Å². The Hall–Kier alpha value is -2.90. The molecule has 0 saturated carbocycles. The number of hydrogen-bond acceptors (Lipinski definition) is 9. The van der Waals surface area contributed by atoms with E-state index in [1.807, 2.05) is 18.4 Å². The van der Waals surface area contributed by atoms with E-state index in [9.17, 15) is 9.90 Å². The summed E-state index contributed by atoms with van der Waals surface area (Å²) in [5.74, 6) is -1.04. The number of nitrogens with one attached hydrogen (secondary N) is 1. The molecule has 0 spiro atoms. The van der Waals surface area contributed by atoms with Crippen LogP contribution in [-0.4, -0.2) is 44.5 Å². The minimum absolute atomic E-state index is 0.0192. The third-order valence-corrected chi connectivity index (χ3v) is 3.51. The van der Waals surface area contributed by atoms with Gasteiger partial charge in [0.2, 0.25) is 5.95 Å². The van der Waals surface area contributed by atoms with E-state index in [1.165, 1.54) is 30.5 Å². The summed E-state index contributed by atoms with van der Waals surface area (Å²) in [6.45, 7) is 1.55. The van der Waals surface area contributed by atoms with E-state index in [1.54, 1.807) is 13.0 Å². The lowest BCUT2D eigenvalue weighted by atomic mass is 10.1. The SMILES string of the molecule is Cc1oncc1/C(O)=C(\C#N)C(=O)Nc1ncc(SN(C)C)cn1. The fraction of sp³-hybridized carbons (Fsp3) is 0.214. The van der Waals surface area contributed by atoms with Crippen LogP contribution >= 0.6 is 11.9 Å². The molecule has 1 amide bonds. The molecular weight excluding hydrogens is 332 g/mol. The zero-order valence-corrected chi connectivity index (χ0v) is 14.0. The Labute approximate surface area is 142 Å². The molecule has 0 bridgehead atoms. The standard InChI is InChI=1S/C14H14N6O3S/c1-8-11(7-18-23-8)12(21)10(4-15)13(22)19-14-16-5-9(6-17-14)24-20(2)3/h5-7,21H,1-3H3,(H,16,17,19,22)/b12-10-. The molecule has 0 aromatic carbocycles. The van der Waals surface area contributed by atoms with Crippen LogP contribution in [0.2, 0.25) is 0 Å². The van der Waals surface area contributed by atoms with Crippen molar-refractivity contribution in [2.24, 2.45) is 0 Å². The van der Waals surface area contributed by atoms with Gasteiger partial charge in [0, 0.05) is 12.4 Å². The molecular formula is C14H14N6O3S. The summed E-state index contributed by atoms with van der Waals surface area (Å²) in [4.78, 5) is 20.9. The highest BCUT2D eigenvalue weighted by molar-refractivity contribution is 7.97. The largest absolute Gasteiger partial charge is 0.506 e. The number of amides is 1. The lowest BCUT2D eigenvalue weighted by Crippen LogP contribution is -2.17. The normalized spacial score (nSPS) is 11.8. The van der Waals surface area contributed by atoms with Gasteiger partial charge >= 0.3 is 0 Å². The van der Waals surface area contributed by atoms with Gasteiger partial charge in [-0.1, -0.05) is 5.16 Å². The molecule has 0 unspecified atom stereocenters. The first-order chi connectivity index (χ1) is 11.4. The van der Waals surface area contributed by atoms with Gasteiger partial charge in [-0.05, 0) is 33.0 Å². The average molecular weight is 346 g/mol. The van der Waals surface area contributed by atoms with E-state index in [2.05, 4.69) is 20.4 Å². The highest BCUT2D eigenvalue weighted by Gasteiger charge is 2.20. The van der Waals surface area contributed by atoms with Crippen LogP contribution in [-0.2, 0) is 4.79 Å². The Balaban J connectivity index is 2.18. The van der Waals surface area contributed by atoms with Crippen LogP contribution in [0.15, 0.2) is 33.6 Å². The van der Waals surface area contributed by atoms with Gasteiger partial charge < -0.3 is 9.63 Å². The number of anilines is 1. The van der Waals surface area contributed by atoms with Crippen LogP contribution in [0.5, 0.6) is 0 Å². The molecule has 0 aliphatic rings. The smallest absolute Gasteiger partial charge is 0.272 e. The first-order valence-electron chi connectivity index (χ1n) is 6.66. The number of aliphatic hydroxyl groups is 1. The van der Waals surface area contributed by atoms with Crippen molar-refractivity contribution in [3.8, 4) is 6.07 Å². The molecule has 0 aliphatic carbocycles. The Morgan fingerprint density at radius 1 is 1.38 bits per heavy atom. The first-order valence-corrected chi connectivity index (χ1v) is 7.43. The molecule has 10 heteroatoms. The molecule has 0 radical (unpaired) electrons. The summed E-state index contributed by atoms with van der Waals surface area (Å²) in [6.07, 6.45) is 4.29. The zero-order valence-electron chi connectivity index (χ0n) is 13.1. The maximum absolute atomic E-state index is 12.2. The van der Waals surface area contributed by atoms with Crippen molar-refractivity contribution >= 4 is 29.6 Å². The van der Waals surface area contributed by atoms with Gasteiger partial charge in [0.15, 0.2) is 11.3 Å². The number of carbonyl (C=O) groups is 1. The lowest BCUT2D eigenvalue weighted by Gasteiger charge is -2.08. The van der Waals surface area contributed by atoms with Gasteiger partial charge in [0.05, 0.1) is 16.7 Å². The highest BCUT2D eigenvalue weighted by atomic mass is 32.2. The van der Waals surface area contributed by atoms with Gasteiger partial charge in [-0.25, -0.2) is 9.97 Å². The third-order valence-electron chi connectivity index (χ3n) is 2.72. The predicted octanol–water partition coefficient (Wildman–Crippen LogP) is 1.77. The molecule has 2 rings (SSSR count). The zero-order chi connectivity index (χ0) is 17.7. The van der Waals surface area contributed by atoms with Crippen LogP contribution in [0, 0.1) is 18.3 Å². The molecule has 24 heavy (non-hydrogen) atoms. The second-order valence-electron chi connectivity index (χ2n) is 4.73. The summed E-state index contributed by atoms with van der Waals surface area (Å²) in [6, 6.07) is 1.66. The second-order valence-corrected chi connectivity index (χ2v) is 6.12. The number of nitriles is 1. The minimum atomic E-state index is -0.830. The number of nitrogens with zero attached hydrogens (tertiary/aromatic N) is 5. The number of hydrogen-bond donors (Lipinski definition) is 2. The number of carbonyl (C=O) groups excluding carboxylic acids is 1. The number of aliphatic hydroxyl groups excluding tert-OH is 1. The van der Waals surface area contributed by atoms with Crippen LogP contribution < -0.4 is 5.32 Å². The van der Waals surface area contributed by atoms with Crippen LogP contribution in [0.25, 0.3) is 5.76 Å². The van der Waals surface area contributed by atoms with Gasteiger partial charge in [-0.15, -0.1) is 0 Å². The van der Waals surface area contributed by atoms with Crippen molar-refractivity contribution in [3.05, 3.63) is 35.5 Å². The second kappa shape index (κ2) is 7.58. The molecule has 0 fully saturated rings. The average Bonchev–Trinajstić information content (AvgIpc) is 2.95. The van der Waals surface area contributed by atoms with Crippen molar-refractivity contribution in [2.45, 2.75) is 11.8 Å². The third kappa shape index (κ3) is 4.09. The minimum Gasteiger partial charge on any atom is -0.506 e. The van der Waals surface area contributed by atoms with Crippen molar-refractivity contribution in [3.63, 3.8) is 0 Å². The fourth-order valence-electron chi connectivity index (χ4n) is 1.67. The van der Waals surface area contributed by atoms with Crippen molar-refractivity contribution in [2.75, 3.05) is 19.4 Å². The summed E-state index contributed by atoms with van der Waals surface area (Å²) >= 11 is 1.42. The molecule has 0 saturated heterocycles. The van der Waals surface area contributed by atoms with E-state index in [-0.39, 0.29) is 17.3 Å². The number of rotatable bonds is 5. The summed E-state index contributed by atoms with van der Waals surface area (Å²) < 4.78 is 6.67. The molecule has 2 N–H and O–H groups in total. The van der Waals surface area contributed by atoms with Crippen LogP contribution in [0.1, 0.15) is 11.3 Å². The highest BCUT2D eigenvalue weighted by Crippen LogP contribution is 2.21. The molecule has 2 aromatic heterocycles. The Bertz CT molecular complexity index is 807. The Morgan fingerprint density at radius 2 is 2.04 bits per heavy atom. The van der Waals surface area contributed by atoms with Gasteiger partial charge in [0.25, 0.3) is 5.91 Å². The predicted molar refractivity (Wildman–Crippen MR) is 86.6 cm³/mol. The quantitative estimate of drug-likeness (QED) is 0.360. The van der Waals surface area contributed by atoms with Crippen molar-refractivity contribution in [1.29, 1.82) is 5.26 Å². The molecule has 124 valence electrons. The molecule has 2 heterocycles. The number of aryl methyl sites for hydroxylation is 1. The van der Waals surface area contributed by atoms with Crippen LogP contribution in [0.4, 0.5) is 5.95 Å². The van der Waals surface area contributed by atoms with Crippen molar-refractivity contribution < 1.29 is 14.4 Å². The lowest BCUT2D eigenvalue weighted by molar-refractivity contribution is -0.112. The fourth-order valence-corrected chi connectivity index (χ4v) is 2.30. The van der Waals surface area contributed by atoms with E-state index < -0.39 is 17.2 Å². The van der Waals surface area contributed by atoms with Crippen molar-refractivity contribution in [1.82, 2.24) is 19.4 Å². The topological polar surface area (TPSA) is 128 Å². The van der Waals surface area contributed by atoms with E-state index >= 15 is 0 Å². The van der Waals surface area contributed by atoms with Gasteiger partial charge in [-0.3, -0.25) is 14.4 Å². The summed E-state index contributed by atoms with van der Waals surface area (Å²) in [5.41, 5.74) is -0.322. The molecule has 0 aliphatic heterocycles. The summed E-state index contributed by atoms with van der Waals surface area (Å²) in [7, 11) is 3.75. The first kappa shape index (κ1) is 17.5. The Morgan fingerprint density at radius 3 is 2.54 bits per heavy atom. The maximum Gasteiger partial charge on any atom is 0.272 e. The molecule has 0 atom stereocenters. The maximum atomic E-state index is 12.2. The monoisotopic (exact) mass is 346 g/mol. The molecule has 2 aromatic rings. The Kier molecular flexibility index (Phi) is 5.51. The van der Waals surface area contributed by atoms with E-state index in [0.29, 0.717) is 0 Å². The van der Waals surface area contributed by atoms with Gasteiger partial charge in [0.1, 0.15) is 11.8 Å². The molecule has 9 nitrogen and oxygen atoms in total. The number of aromatic nitrogens is 3. The van der Waals surface area contributed by atoms with Crippen LogP contribution in [0.3, 0.4) is 0 Å². The summed E-state index contributed by atoms with van der Waals surface area (Å²) in [5, 5.41) is 25.1.